The number of rotatable bonds is 1. The van der Waals surface area contributed by atoms with E-state index >= 15 is 0 Å². The van der Waals surface area contributed by atoms with Gasteiger partial charge in [-0.05, 0) is 37.0 Å². The van der Waals surface area contributed by atoms with Gasteiger partial charge in [0.1, 0.15) is 0 Å². The molecule has 0 radical (unpaired) electrons. The molecule has 1 aliphatic carbocycles. The molecule has 0 saturated heterocycles. The first-order valence-electron chi connectivity index (χ1n) is 5.39. The fourth-order valence-electron chi connectivity index (χ4n) is 2.28. The van der Waals surface area contributed by atoms with Crippen LogP contribution in [0.5, 0.6) is 0 Å². The van der Waals surface area contributed by atoms with Gasteiger partial charge in [0.2, 0.25) is 0 Å². The number of nitrogens with one attached hydrogen (secondary N) is 1. The molecule has 1 aliphatic rings. The van der Waals surface area contributed by atoms with Gasteiger partial charge in [-0.3, -0.25) is 0 Å². The summed E-state index contributed by atoms with van der Waals surface area (Å²) in [7, 11) is 0. The second kappa shape index (κ2) is 4.20. The molecule has 0 heterocycles. The normalized spacial score (nSPS) is 28.5. The number of carbonyl (C=O) groups is 1. The van der Waals surface area contributed by atoms with Crippen LogP contribution in [-0.2, 0) is 0 Å². The summed E-state index contributed by atoms with van der Waals surface area (Å²) in [4.78, 5) is 10.4. The van der Waals surface area contributed by atoms with E-state index in [0.717, 1.165) is 31.6 Å². The lowest BCUT2D eigenvalue weighted by atomic mass is 9.71. The Kier molecular flexibility index (Phi) is 3.40. The van der Waals surface area contributed by atoms with Crippen LogP contribution in [0.25, 0.3) is 0 Å². The zero-order chi connectivity index (χ0) is 10.8. The molecule has 82 valence electrons. The molecule has 0 spiro atoms. The standard InChI is InChI=1S/C11H21NO2/c1-11(2,3)8-4-6-9(7-5-8)12-10(13)14/h8-9,12H,4-7H2,1-3H3,(H,13,14). The van der Waals surface area contributed by atoms with Crippen LogP contribution in [0.15, 0.2) is 0 Å². The van der Waals surface area contributed by atoms with Gasteiger partial charge >= 0.3 is 6.09 Å². The number of hydrogen-bond acceptors (Lipinski definition) is 1. The monoisotopic (exact) mass is 199 g/mol. The SMILES string of the molecule is CC(C)(C)C1CCC(NC(=O)O)CC1. The van der Waals surface area contributed by atoms with Crippen LogP contribution in [0.4, 0.5) is 4.79 Å². The minimum atomic E-state index is -0.885. The molecule has 2 N–H and O–H groups in total. The Morgan fingerprint density at radius 1 is 1.21 bits per heavy atom. The average molecular weight is 199 g/mol. The van der Waals surface area contributed by atoms with Crippen molar-refractivity contribution in [3.05, 3.63) is 0 Å². The highest BCUT2D eigenvalue weighted by atomic mass is 16.4. The van der Waals surface area contributed by atoms with Gasteiger partial charge in [0, 0.05) is 6.04 Å². The van der Waals surface area contributed by atoms with Crippen molar-refractivity contribution in [3.63, 3.8) is 0 Å². The quantitative estimate of drug-likeness (QED) is 0.682. The number of hydrogen-bond donors (Lipinski definition) is 2. The molecule has 0 aromatic carbocycles. The van der Waals surface area contributed by atoms with Crippen molar-refractivity contribution < 1.29 is 9.90 Å². The lowest BCUT2D eigenvalue weighted by Crippen LogP contribution is -2.38. The molecule has 3 nitrogen and oxygen atoms in total. The van der Waals surface area contributed by atoms with E-state index in [1.165, 1.54) is 0 Å². The highest BCUT2D eigenvalue weighted by molar-refractivity contribution is 5.64. The maximum atomic E-state index is 10.4. The van der Waals surface area contributed by atoms with Crippen molar-refractivity contribution in [1.82, 2.24) is 5.32 Å². The summed E-state index contributed by atoms with van der Waals surface area (Å²) in [5.41, 5.74) is 0.369. The van der Waals surface area contributed by atoms with Gasteiger partial charge in [-0.15, -0.1) is 0 Å². The number of amides is 1. The smallest absolute Gasteiger partial charge is 0.404 e. The third-order valence-corrected chi connectivity index (χ3v) is 3.28. The molecule has 0 aromatic rings. The molecular weight excluding hydrogens is 178 g/mol. The van der Waals surface area contributed by atoms with Gasteiger partial charge in [-0.2, -0.15) is 0 Å². The summed E-state index contributed by atoms with van der Waals surface area (Å²) < 4.78 is 0. The van der Waals surface area contributed by atoms with Crippen molar-refractivity contribution >= 4 is 6.09 Å². The third-order valence-electron chi connectivity index (χ3n) is 3.28. The van der Waals surface area contributed by atoms with Crippen LogP contribution in [0.3, 0.4) is 0 Å². The first-order valence-corrected chi connectivity index (χ1v) is 5.39. The minimum absolute atomic E-state index is 0.186. The zero-order valence-electron chi connectivity index (χ0n) is 9.34. The first kappa shape index (κ1) is 11.3. The Morgan fingerprint density at radius 2 is 1.71 bits per heavy atom. The third kappa shape index (κ3) is 3.20. The molecule has 0 unspecified atom stereocenters. The molecule has 0 aliphatic heterocycles. The van der Waals surface area contributed by atoms with E-state index in [4.69, 9.17) is 5.11 Å². The minimum Gasteiger partial charge on any atom is -0.465 e. The van der Waals surface area contributed by atoms with Crippen molar-refractivity contribution in [2.75, 3.05) is 0 Å². The van der Waals surface area contributed by atoms with E-state index in [-0.39, 0.29) is 6.04 Å². The molecule has 0 atom stereocenters. The fraction of sp³-hybridized carbons (Fsp3) is 0.909. The summed E-state index contributed by atoms with van der Waals surface area (Å²) in [6.07, 6.45) is 3.40. The van der Waals surface area contributed by atoms with Crippen LogP contribution in [-0.4, -0.2) is 17.2 Å². The second-order valence-electron chi connectivity index (χ2n) is 5.36. The maximum absolute atomic E-state index is 10.4. The molecule has 0 bridgehead atoms. The summed E-state index contributed by atoms with van der Waals surface area (Å²) in [5, 5.41) is 11.2. The van der Waals surface area contributed by atoms with Gasteiger partial charge in [0.25, 0.3) is 0 Å². The molecule has 1 saturated carbocycles. The van der Waals surface area contributed by atoms with Crippen molar-refractivity contribution in [3.8, 4) is 0 Å². The van der Waals surface area contributed by atoms with Gasteiger partial charge in [0.15, 0.2) is 0 Å². The van der Waals surface area contributed by atoms with Gasteiger partial charge < -0.3 is 10.4 Å². The molecule has 0 aromatic heterocycles. The Bertz CT molecular complexity index is 200. The lowest BCUT2D eigenvalue weighted by Gasteiger charge is -2.36. The predicted octanol–water partition coefficient (Wildman–Crippen LogP) is 2.86. The highest BCUT2D eigenvalue weighted by Crippen LogP contribution is 2.37. The topological polar surface area (TPSA) is 49.3 Å². The predicted molar refractivity (Wildman–Crippen MR) is 56.4 cm³/mol. The molecule has 1 rings (SSSR count). The van der Waals surface area contributed by atoms with E-state index in [2.05, 4.69) is 26.1 Å². The maximum Gasteiger partial charge on any atom is 0.404 e. The Hall–Kier alpha value is -0.730. The Labute approximate surface area is 85.9 Å². The Balaban J connectivity index is 2.35. The number of carboxylic acid groups (broad SMARTS) is 1. The van der Waals surface area contributed by atoms with Crippen LogP contribution in [0.1, 0.15) is 46.5 Å². The van der Waals surface area contributed by atoms with Crippen molar-refractivity contribution in [2.24, 2.45) is 11.3 Å². The highest BCUT2D eigenvalue weighted by Gasteiger charge is 2.29. The van der Waals surface area contributed by atoms with Crippen LogP contribution in [0, 0.1) is 11.3 Å². The summed E-state index contributed by atoms with van der Waals surface area (Å²) in [5.74, 6) is 0.745. The summed E-state index contributed by atoms with van der Waals surface area (Å²) in [6, 6.07) is 0.186. The van der Waals surface area contributed by atoms with Crippen LogP contribution >= 0.6 is 0 Å². The van der Waals surface area contributed by atoms with Crippen LogP contribution in [0.2, 0.25) is 0 Å². The molecule has 14 heavy (non-hydrogen) atoms. The van der Waals surface area contributed by atoms with Gasteiger partial charge in [0.05, 0.1) is 0 Å². The molecule has 1 amide bonds. The van der Waals surface area contributed by atoms with Crippen molar-refractivity contribution in [1.29, 1.82) is 0 Å². The summed E-state index contributed by atoms with van der Waals surface area (Å²) >= 11 is 0. The lowest BCUT2D eigenvalue weighted by molar-refractivity contribution is 0.150. The molecule has 3 heteroatoms. The molecule has 1 fully saturated rings. The zero-order valence-corrected chi connectivity index (χ0v) is 9.34. The Morgan fingerprint density at radius 3 is 2.07 bits per heavy atom. The fourth-order valence-corrected chi connectivity index (χ4v) is 2.28. The van der Waals surface area contributed by atoms with Gasteiger partial charge in [-0.1, -0.05) is 20.8 Å². The van der Waals surface area contributed by atoms with E-state index in [1.807, 2.05) is 0 Å². The molecular formula is C11H21NO2. The van der Waals surface area contributed by atoms with Crippen LogP contribution < -0.4 is 5.32 Å². The average Bonchev–Trinajstić information content (AvgIpc) is 2.02. The van der Waals surface area contributed by atoms with E-state index in [1.54, 1.807) is 0 Å². The van der Waals surface area contributed by atoms with E-state index in [9.17, 15) is 4.79 Å². The first-order chi connectivity index (χ1) is 6.39. The second-order valence-corrected chi connectivity index (χ2v) is 5.36. The van der Waals surface area contributed by atoms with E-state index < -0.39 is 6.09 Å². The van der Waals surface area contributed by atoms with Crippen molar-refractivity contribution in [2.45, 2.75) is 52.5 Å². The summed E-state index contributed by atoms with van der Waals surface area (Å²) in [6.45, 7) is 6.80. The van der Waals surface area contributed by atoms with E-state index in [0.29, 0.717) is 5.41 Å². The van der Waals surface area contributed by atoms with Gasteiger partial charge in [-0.25, -0.2) is 4.79 Å². The largest absolute Gasteiger partial charge is 0.465 e.